The second-order valence-corrected chi connectivity index (χ2v) is 10.7. The Hall–Kier alpha value is -1.32. The molecule has 0 aromatic carbocycles. The van der Waals surface area contributed by atoms with Crippen molar-refractivity contribution in [2.24, 2.45) is 5.92 Å². The Labute approximate surface area is 224 Å². The number of carboxylic acids is 1. The van der Waals surface area contributed by atoms with Crippen LogP contribution in [-0.4, -0.2) is 23.7 Å². The van der Waals surface area contributed by atoms with Crippen LogP contribution in [0.3, 0.4) is 0 Å². The normalized spacial score (nSPS) is 12.3. The molecule has 0 amide bonds. The maximum atomic E-state index is 11.7. The summed E-state index contributed by atoms with van der Waals surface area (Å²) in [6, 6.07) is 0. The highest BCUT2D eigenvalue weighted by atomic mass is 16.5. The number of ether oxygens (including phenoxy) is 1. The van der Waals surface area contributed by atoms with Gasteiger partial charge in [0.15, 0.2) is 0 Å². The highest BCUT2D eigenvalue weighted by molar-refractivity contribution is 5.78. The first-order chi connectivity index (χ1) is 17.6. The van der Waals surface area contributed by atoms with E-state index in [1.165, 1.54) is 116 Å². The third-order valence-corrected chi connectivity index (χ3v) is 7.04. The van der Waals surface area contributed by atoms with Crippen LogP contribution >= 0.6 is 0 Å². The number of carbonyl (C=O) groups is 2. The largest absolute Gasteiger partial charge is 0.481 e. The zero-order chi connectivity index (χ0) is 26.5. The molecule has 4 heteroatoms. The molecule has 1 atom stereocenters. The molecule has 212 valence electrons. The summed E-state index contributed by atoms with van der Waals surface area (Å²) in [5, 5.41) is 9.31. The number of carbonyl (C=O) groups excluding carboxylic acids is 1. The first-order valence-corrected chi connectivity index (χ1v) is 15.6. The average molecular weight is 509 g/mol. The van der Waals surface area contributed by atoms with Gasteiger partial charge in [-0.3, -0.25) is 9.59 Å². The van der Waals surface area contributed by atoms with Gasteiger partial charge in [0.05, 0.1) is 18.9 Å². The van der Waals surface area contributed by atoms with Crippen molar-refractivity contribution in [3.63, 3.8) is 0 Å². The van der Waals surface area contributed by atoms with Crippen molar-refractivity contribution in [1.82, 2.24) is 0 Å². The van der Waals surface area contributed by atoms with Crippen LogP contribution in [-0.2, 0) is 14.3 Å². The number of allylic oxidation sites excluding steroid dienone is 2. The highest BCUT2D eigenvalue weighted by Gasteiger charge is 2.21. The van der Waals surface area contributed by atoms with E-state index in [0.29, 0.717) is 13.0 Å². The third-order valence-electron chi connectivity index (χ3n) is 7.04. The lowest BCUT2D eigenvalue weighted by Crippen LogP contribution is -2.19. The van der Waals surface area contributed by atoms with Crippen LogP contribution in [0.15, 0.2) is 12.2 Å². The van der Waals surface area contributed by atoms with Crippen LogP contribution in [0.5, 0.6) is 0 Å². The molecule has 0 aromatic heterocycles. The molecule has 0 aliphatic heterocycles. The van der Waals surface area contributed by atoms with E-state index >= 15 is 0 Å². The van der Waals surface area contributed by atoms with E-state index in [0.717, 1.165) is 25.7 Å². The standard InChI is InChI=1S/C32H60O4/c1-3-5-6-7-8-9-10-11-12-13-14-15-16-17-18-19-20-21-22-23-24-25-26-27-30(32(34)35)29-31(33)36-28-4-2/h18-19,30H,3-17,20-29H2,1-2H3,(H,34,35)/b19-18+. The van der Waals surface area contributed by atoms with Crippen molar-refractivity contribution >= 4 is 11.9 Å². The first-order valence-electron chi connectivity index (χ1n) is 15.6. The molecular weight excluding hydrogens is 448 g/mol. The minimum atomic E-state index is -0.881. The van der Waals surface area contributed by atoms with Crippen LogP contribution in [0, 0.1) is 5.92 Å². The Morgan fingerprint density at radius 3 is 1.44 bits per heavy atom. The molecular formula is C32H60O4. The van der Waals surface area contributed by atoms with Gasteiger partial charge in [-0.05, 0) is 38.5 Å². The van der Waals surface area contributed by atoms with Gasteiger partial charge < -0.3 is 9.84 Å². The molecule has 0 heterocycles. The number of carboxylic acid groups (broad SMARTS) is 1. The molecule has 0 aromatic rings. The molecule has 0 rings (SSSR count). The molecule has 0 bridgehead atoms. The lowest BCUT2D eigenvalue weighted by atomic mass is 9.97. The summed E-state index contributed by atoms with van der Waals surface area (Å²) in [6.45, 7) is 4.59. The lowest BCUT2D eigenvalue weighted by molar-refractivity contribution is -0.151. The van der Waals surface area contributed by atoms with Crippen LogP contribution in [0.25, 0.3) is 0 Å². The van der Waals surface area contributed by atoms with Crippen molar-refractivity contribution in [3.8, 4) is 0 Å². The summed E-state index contributed by atoms with van der Waals surface area (Å²) in [6.07, 6.45) is 33.6. The number of esters is 1. The zero-order valence-electron chi connectivity index (χ0n) is 24.1. The van der Waals surface area contributed by atoms with Crippen LogP contribution in [0.4, 0.5) is 0 Å². The second-order valence-electron chi connectivity index (χ2n) is 10.7. The lowest BCUT2D eigenvalue weighted by Gasteiger charge is -2.11. The van der Waals surface area contributed by atoms with Gasteiger partial charge in [0.1, 0.15) is 0 Å². The average Bonchev–Trinajstić information content (AvgIpc) is 2.87. The molecule has 0 fully saturated rings. The van der Waals surface area contributed by atoms with Gasteiger partial charge in [-0.1, -0.05) is 135 Å². The van der Waals surface area contributed by atoms with Crippen molar-refractivity contribution in [2.75, 3.05) is 6.61 Å². The maximum absolute atomic E-state index is 11.7. The molecule has 0 saturated carbocycles. The third kappa shape index (κ3) is 25.8. The van der Waals surface area contributed by atoms with Crippen molar-refractivity contribution in [1.29, 1.82) is 0 Å². The van der Waals surface area contributed by atoms with Gasteiger partial charge >= 0.3 is 11.9 Å². The summed E-state index contributed by atoms with van der Waals surface area (Å²) < 4.78 is 5.02. The van der Waals surface area contributed by atoms with E-state index in [-0.39, 0.29) is 12.4 Å². The van der Waals surface area contributed by atoms with E-state index in [2.05, 4.69) is 19.1 Å². The van der Waals surface area contributed by atoms with E-state index in [4.69, 9.17) is 4.74 Å². The molecule has 1 unspecified atom stereocenters. The predicted molar refractivity (Wildman–Crippen MR) is 153 cm³/mol. The topological polar surface area (TPSA) is 63.6 Å². The van der Waals surface area contributed by atoms with Crippen molar-refractivity contribution < 1.29 is 19.4 Å². The molecule has 0 spiro atoms. The summed E-state index contributed by atoms with van der Waals surface area (Å²) in [5.74, 6) is -1.87. The molecule has 4 nitrogen and oxygen atoms in total. The maximum Gasteiger partial charge on any atom is 0.307 e. The van der Waals surface area contributed by atoms with Crippen molar-refractivity contribution in [2.45, 2.75) is 168 Å². The van der Waals surface area contributed by atoms with E-state index in [1.54, 1.807) is 0 Å². The molecule has 0 aliphatic rings. The summed E-state index contributed by atoms with van der Waals surface area (Å²) >= 11 is 0. The summed E-state index contributed by atoms with van der Waals surface area (Å²) in [7, 11) is 0. The molecule has 1 N–H and O–H groups in total. The van der Waals surface area contributed by atoms with Gasteiger partial charge in [0.25, 0.3) is 0 Å². The fourth-order valence-electron chi connectivity index (χ4n) is 4.66. The zero-order valence-corrected chi connectivity index (χ0v) is 24.1. The van der Waals surface area contributed by atoms with Gasteiger partial charge in [0.2, 0.25) is 0 Å². The number of hydrogen-bond donors (Lipinski definition) is 1. The van der Waals surface area contributed by atoms with Gasteiger partial charge in [-0.2, -0.15) is 0 Å². The van der Waals surface area contributed by atoms with Gasteiger partial charge in [0, 0.05) is 0 Å². The Balaban J connectivity index is 3.38. The van der Waals surface area contributed by atoms with E-state index < -0.39 is 11.9 Å². The molecule has 0 saturated heterocycles. The summed E-state index contributed by atoms with van der Waals surface area (Å²) in [5.41, 5.74) is 0. The number of rotatable bonds is 28. The summed E-state index contributed by atoms with van der Waals surface area (Å²) in [4.78, 5) is 23.0. The quantitative estimate of drug-likeness (QED) is 0.0648. The minimum Gasteiger partial charge on any atom is -0.481 e. The second kappa shape index (κ2) is 28.3. The Kier molecular flexibility index (Phi) is 27.2. The van der Waals surface area contributed by atoms with Crippen LogP contribution < -0.4 is 0 Å². The fourth-order valence-corrected chi connectivity index (χ4v) is 4.66. The minimum absolute atomic E-state index is 0.000969. The van der Waals surface area contributed by atoms with Gasteiger partial charge in [-0.15, -0.1) is 0 Å². The predicted octanol–water partition coefficient (Wildman–Crippen LogP) is 10.2. The van der Waals surface area contributed by atoms with E-state index in [9.17, 15) is 14.7 Å². The van der Waals surface area contributed by atoms with E-state index in [1.807, 2.05) is 6.92 Å². The Morgan fingerprint density at radius 2 is 1.03 bits per heavy atom. The number of hydrogen-bond acceptors (Lipinski definition) is 3. The van der Waals surface area contributed by atoms with Crippen LogP contribution in [0.1, 0.15) is 168 Å². The fraction of sp³-hybridized carbons (Fsp3) is 0.875. The number of unbranched alkanes of at least 4 members (excludes halogenated alkanes) is 19. The monoisotopic (exact) mass is 508 g/mol. The van der Waals surface area contributed by atoms with Gasteiger partial charge in [-0.25, -0.2) is 0 Å². The highest BCUT2D eigenvalue weighted by Crippen LogP contribution is 2.17. The van der Waals surface area contributed by atoms with Crippen LogP contribution in [0.2, 0.25) is 0 Å². The first kappa shape index (κ1) is 34.7. The molecule has 36 heavy (non-hydrogen) atoms. The smallest absolute Gasteiger partial charge is 0.307 e. The number of aliphatic carboxylic acids is 1. The Morgan fingerprint density at radius 1 is 0.611 bits per heavy atom. The SMILES string of the molecule is CCCCCCCCCCCCCCC/C=C/CCCCCCCCC(CC(=O)OCCC)C(=O)O. The molecule has 0 aliphatic carbocycles. The van der Waals surface area contributed by atoms with Crippen molar-refractivity contribution in [3.05, 3.63) is 12.2 Å². The Bertz CT molecular complexity index is 514. The molecule has 0 radical (unpaired) electrons.